The number of aryl methyl sites for hydroxylation is 1. The van der Waals surface area contributed by atoms with E-state index in [0.717, 1.165) is 30.5 Å². The second-order valence-corrected chi connectivity index (χ2v) is 7.05. The van der Waals surface area contributed by atoms with Crippen molar-refractivity contribution in [3.8, 4) is 5.69 Å². The molecule has 4 rings (SSSR count). The number of hydrogen-bond acceptors (Lipinski definition) is 3. The van der Waals surface area contributed by atoms with Crippen molar-refractivity contribution < 1.29 is 14.7 Å². The topological polar surface area (TPSA) is 75.4 Å². The highest BCUT2D eigenvalue weighted by molar-refractivity contribution is 5.97. The summed E-state index contributed by atoms with van der Waals surface area (Å²) < 4.78 is 1.75. The summed E-state index contributed by atoms with van der Waals surface area (Å²) in [4.78, 5) is 26.3. The summed E-state index contributed by atoms with van der Waals surface area (Å²) in [5.41, 5.74) is 2.38. The quantitative estimate of drug-likeness (QED) is 0.932. The van der Waals surface area contributed by atoms with E-state index >= 15 is 0 Å². The number of carbonyl (C=O) groups excluding carboxylic acids is 1. The van der Waals surface area contributed by atoms with Gasteiger partial charge in [-0.25, -0.2) is 9.48 Å². The van der Waals surface area contributed by atoms with Crippen LogP contribution in [0.1, 0.15) is 35.2 Å². The summed E-state index contributed by atoms with van der Waals surface area (Å²) in [6.07, 6.45) is 6.56. The molecule has 1 aromatic heterocycles. The number of amides is 1. The zero-order valence-electron chi connectivity index (χ0n) is 14.1. The number of hydrogen-bond donors (Lipinski definition) is 1. The Labute approximate surface area is 146 Å². The molecule has 25 heavy (non-hydrogen) atoms. The fraction of sp³-hybridized carbons (Fsp3) is 0.421. The lowest BCUT2D eigenvalue weighted by Gasteiger charge is -2.24. The first-order valence-corrected chi connectivity index (χ1v) is 8.70. The van der Waals surface area contributed by atoms with Crippen LogP contribution in [0.25, 0.3) is 5.69 Å². The molecule has 1 aliphatic carbocycles. The van der Waals surface area contributed by atoms with Crippen molar-refractivity contribution >= 4 is 11.9 Å². The van der Waals surface area contributed by atoms with E-state index in [-0.39, 0.29) is 11.8 Å². The summed E-state index contributed by atoms with van der Waals surface area (Å²) in [5, 5.41) is 13.9. The summed E-state index contributed by atoms with van der Waals surface area (Å²) in [7, 11) is 0. The van der Waals surface area contributed by atoms with Crippen LogP contribution in [0.2, 0.25) is 0 Å². The van der Waals surface area contributed by atoms with Crippen LogP contribution in [-0.2, 0) is 4.79 Å². The molecular weight excluding hydrogens is 318 g/mol. The van der Waals surface area contributed by atoms with E-state index in [4.69, 9.17) is 0 Å². The molecule has 0 spiro atoms. The Balaban J connectivity index is 1.62. The molecule has 2 fully saturated rings. The Morgan fingerprint density at radius 3 is 2.80 bits per heavy atom. The molecule has 1 amide bonds. The molecule has 130 valence electrons. The molecule has 6 nitrogen and oxygen atoms in total. The molecule has 0 bridgehead atoms. The van der Waals surface area contributed by atoms with E-state index in [2.05, 4.69) is 5.10 Å². The standard InChI is InChI=1S/C19H21N3O3/c1-12-10-13(6-7-16(12)22-9-3-8-20-22)18(23)21-11-14-4-2-5-15(14)17(21)19(24)25/h3,6-10,14-15,17H,2,4-5,11H2,1H3,(H,24,25)/t14-,15+,17-/m0/s1. The minimum absolute atomic E-state index is 0.103. The second-order valence-electron chi connectivity index (χ2n) is 7.05. The van der Waals surface area contributed by atoms with Gasteiger partial charge in [-0.15, -0.1) is 0 Å². The third kappa shape index (κ3) is 2.62. The van der Waals surface area contributed by atoms with Gasteiger partial charge in [0.05, 0.1) is 5.69 Å². The van der Waals surface area contributed by atoms with E-state index in [0.29, 0.717) is 18.0 Å². The Kier molecular flexibility index (Phi) is 3.82. The van der Waals surface area contributed by atoms with Crippen LogP contribution in [0.5, 0.6) is 0 Å². The second kappa shape index (κ2) is 6.02. The fourth-order valence-corrected chi connectivity index (χ4v) is 4.45. The van der Waals surface area contributed by atoms with Crippen molar-refractivity contribution in [2.45, 2.75) is 32.2 Å². The van der Waals surface area contributed by atoms with Crippen LogP contribution in [0, 0.1) is 18.8 Å². The van der Waals surface area contributed by atoms with Crippen LogP contribution >= 0.6 is 0 Å². The highest BCUT2D eigenvalue weighted by Gasteiger charge is 2.49. The first-order chi connectivity index (χ1) is 12.1. The van der Waals surface area contributed by atoms with E-state index < -0.39 is 12.0 Å². The van der Waals surface area contributed by atoms with Crippen molar-refractivity contribution in [3.63, 3.8) is 0 Å². The summed E-state index contributed by atoms with van der Waals surface area (Å²) in [5.74, 6) is -0.634. The molecule has 2 heterocycles. The number of carboxylic acids is 1. The van der Waals surface area contributed by atoms with Crippen LogP contribution < -0.4 is 0 Å². The van der Waals surface area contributed by atoms with Gasteiger partial charge in [-0.3, -0.25) is 4.79 Å². The molecule has 0 unspecified atom stereocenters. The number of likely N-dealkylation sites (tertiary alicyclic amines) is 1. The monoisotopic (exact) mass is 339 g/mol. The molecule has 1 aromatic carbocycles. The molecule has 6 heteroatoms. The van der Waals surface area contributed by atoms with Gasteiger partial charge in [0.1, 0.15) is 6.04 Å². The maximum atomic E-state index is 13.0. The van der Waals surface area contributed by atoms with Crippen molar-refractivity contribution in [1.82, 2.24) is 14.7 Å². The van der Waals surface area contributed by atoms with Crippen LogP contribution in [0.3, 0.4) is 0 Å². The van der Waals surface area contributed by atoms with E-state index in [1.807, 2.05) is 31.3 Å². The number of carboxylic acid groups (broad SMARTS) is 1. The SMILES string of the molecule is Cc1cc(C(=O)N2C[C@@H]3CCC[C@H]3[C@H]2C(=O)O)ccc1-n1cccn1. The van der Waals surface area contributed by atoms with E-state index in [1.165, 1.54) is 0 Å². The first-order valence-electron chi connectivity index (χ1n) is 8.70. The molecule has 2 aliphatic rings. The minimum Gasteiger partial charge on any atom is -0.480 e. The number of aliphatic carboxylic acids is 1. The zero-order valence-corrected chi connectivity index (χ0v) is 14.1. The van der Waals surface area contributed by atoms with Crippen molar-refractivity contribution in [2.24, 2.45) is 11.8 Å². The normalized spacial score (nSPS) is 25.2. The highest BCUT2D eigenvalue weighted by atomic mass is 16.4. The van der Waals surface area contributed by atoms with Gasteiger partial charge in [-0.2, -0.15) is 5.10 Å². The Bertz CT molecular complexity index is 815. The van der Waals surface area contributed by atoms with Crippen molar-refractivity contribution in [3.05, 3.63) is 47.8 Å². The van der Waals surface area contributed by atoms with E-state index in [1.54, 1.807) is 21.8 Å². The average molecular weight is 339 g/mol. The number of fused-ring (bicyclic) bond motifs is 1. The molecule has 1 N–H and O–H groups in total. The Morgan fingerprint density at radius 1 is 1.28 bits per heavy atom. The Morgan fingerprint density at radius 2 is 2.12 bits per heavy atom. The third-order valence-corrected chi connectivity index (χ3v) is 5.60. The molecule has 1 saturated heterocycles. The average Bonchev–Trinajstić information content (AvgIpc) is 3.30. The largest absolute Gasteiger partial charge is 0.480 e. The number of aromatic nitrogens is 2. The van der Waals surface area contributed by atoms with Crippen LogP contribution in [-0.4, -0.2) is 44.3 Å². The summed E-state index contributed by atoms with van der Waals surface area (Å²) in [6, 6.07) is 6.61. The minimum atomic E-state index is -0.882. The fourth-order valence-electron chi connectivity index (χ4n) is 4.45. The van der Waals surface area contributed by atoms with Gasteiger partial charge in [0.25, 0.3) is 5.91 Å². The van der Waals surface area contributed by atoms with Crippen LogP contribution in [0.4, 0.5) is 0 Å². The number of benzene rings is 1. The van der Waals surface area contributed by atoms with Gasteiger partial charge in [0.2, 0.25) is 0 Å². The molecule has 3 atom stereocenters. The van der Waals surface area contributed by atoms with Gasteiger partial charge in [-0.05, 0) is 61.4 Å². The van der Waals surface area contributed by atoms with Gasteiger partial charge < -0.3 is 10.0 Å². The van der Waals surface area contributed by atoms with Gasteiger partial charge in [-0.1, -0.05) is 6.42 Å². The van der Waals surface area contributed by atoms with Gasteiger partial charge in [0, 0.05) is 24.5 Å². The van der Waals surface area contributed by atoms with Crippen LogP contribution in [0.15, 0.2) is 36.7 Å². The maximum absolute atomic E-state index is 13.0. The summed E-state index contributed by atoms with van der Waals surface area (Å²) >= 11 is 0. The first kappa shape index (κ1) is 15.9. The van der Waals surface area contributed by atoms with Gasteiger partial charge in [0.15, 0.2) is 0 Å². The third-order valence-electron chi connectivity index (χ3n) is 5.60. The molecule has 1 saturated carbocycles. The molecule has 1 aliphatic heterocycles. The van der Waals surface area contributed by atoms with E-state index in [9.17, 15) is 14.7 Å². The van der Waals surface area contributed by atoms with Crippen molar-refractivity contribution in [2.75, 3.05) is 6.54 Å². The summed E-state index contributed by atoms with van der Waals surface area (Å²) in [6.45, 7) is 2.49. The molecular formula is C19H21N3O3. The smallest absolute Gasteiger partial charge is 0.326 e. The number of rotatable bonds is 3. The predicted octanol–water partition coefficient (Wildman–Crippen LogP) is 2.51. The lowest BCUT2D eigenvalue weighted by molar-refractivity contribution is -0.142. The van der Waals surface area contributed by atoms with Crippen molar-refractivity contribution in [1.29, 1.82) is 0 Å². The molecule has 0 radical (unpaired) electrons. The van der Waals surface area contributed by atoms with Gasteiger partial charge >= 0.3 is 5.97 Å². The Hall–Kier alpha value is -2.63. The highest BCUT2D eigenvalue weighted by Crippen LogP contribution is 2.42. The number of nitrogens with zero attached hydrogens (tertiary/aromatic N) is 3. The maximum Gasteiger partial charge on any atom is 0.326 e. The lowest BCUT2D eigenvalue weighted by Crippen LogP contribution is -2.43. The zero-order chi connectivity index (χ0) is 17.6. The number of carbonyl (C=O) groups is 2. The molecule has 2 aromatic rings. The predicted molar refractivity (Wildman–Crippen MR) is 91.6 cm³/mol. The lowest BCUT2D eigenvalue weighted by atomic mass is 9.94.